The van der Waals surface area contributed by atoms with Crippen LogP contribution >= 0.6 is 11.6 Å². The number of carbonyl (C=O) groups is 2. The first kappa shape index (κ1) is 19.3. The van der Waals surface area contributed by atoms with Crippen molar-refractivity contribution in [1.29, 1.82) is 0 Å². The third kappa shape index (κ3) is 9.79. The monoisotopic (exact) mass is 341 g/mol. The van der Waals surface area contributed by atoms with E-state index in [0.717, 1.165) is 12.0 Å². The topological polar surface area (TPSA) is 64.6 Å². The normalized spacial score (nSPS) is 11.0. The molecule has 6 heteroatoms. The Morgan fingerprint density at radius 1 is 1.17 bits per heavy atom. The molecule has 23 heavy (non-hydrogen) atoms. The summed E-state index contributed by atoms with van der Waals surface area (Å²) in [5, 5.41) is 3.23. The predicted octanol–water partition coefficient (Wildman–Crippen LogP) is 3.73. The Kier molecular flexibility index (Phi) is 7.89. The largest absolute Gasteiger partial charge is 0.464 e. The third-order valence-electron chi connectivity index (χ3n) is 2.79. The highest BCUT2D eigenvalue weighted by Crippen LogP contribution is 2.11. The highest BCUT2D eigenvalue weighted by molar-refractivity contribution is 6.30. The lowest BCUT2D eigenvalue weighted by molar-refractivity contribution is -0.143. The minimum absolute atomic E-state index is 0.138. The van der Waals surface area contributed by atoms with Crippen molar-refractivity contribution in [3.63, 3.8) is 0 Å². The molecular formula is C17H24ClNO4. The van der Waals surface area contributed by atoms with Gasteiger partial charge in [0.25, 0.3) is 0 Å². The van der Waals surface area contributed by atoms with Crippen LogP contribution in [-0.4, -0.2) is 30.8 Å². The Balaban J connectivity index is 2.08. The number of amides is 1. The number of hydrogen-bond donors (Lipinski definition) is 1. The molecule has 0 saturated carbocycles. The second-order valence-corrected chi connectivity index (χ2v) is 6.57. The number of nitrogens with one attached hydrogen (secondary N) is 1. The van der Waals surface area contributed by atoms with Gasteiger partial charge in [-0.3, -0.25) is 4.79 Å². The maximum absolute atomic E-state index is 11.6. The van der Waals surface area contributed by atoms with Crippen LogP contribution in [0.5, 0.6) is 0 Å². The summed E-state index contributed by atoms with van der Waals surface area (Å²) in [4.78, 5) is 22.9. The van der Waals surface area contributed by atoms with Crippen LogP contribution in [0.2, 0.25) is 5.02 Å². The lowest BCUT2D eigenvalue weighted by Crippen LogP contribution is -2.34. The second-order valence-electron chi connectivity index (χ2n) is 6.13. The molecular weight excluding hydrogens is 318 g/mol. The molecule has 1 rings (SSSR count). The zero-order chi connectivity index (χ0) is 17.3. The lowest BCUT2D eigenvalue weighted by atomic mass is 10.1. The summed E-state index contributed by atoms with van der Waals surface area (Å²) in [6.45, 7) is 5.73. The molecule has 1 aromatic carbocycles. The maximum atomic E-state index is 11.6. The van der Waals surface area contributed by atoms with Gasteiger partial charge in [0.05, 0.1) is 6.54 Å². The third-order valence-corrected chi connectivity index (χ3v) is 3.04. The van der Waals surface area contributed by atoms with Crippen molar-refractivity contribution in [3.05, 3.63) is 34.9 Å². The average molecular weight is 342 g/mol. The summed E-state index contributed by atoms with van der Waals surface area (Å²) in [6, 6.07) is 7.55. The molecule has 0 heterocycles. The highest BCUT2D eigenvalue weighted by atomic mass is 35.5. The number of esters is 1. The van der Waals surface area contributed by atoms with E-state index in [1.165, 1.54) is 0 Å². The summed E-state index contributed by atoms with van der Waals surface area (Å²) in [5.41, 5.74) is 0.594. The molecule has 0 radical (unpaired) electrons. The van der Waals surface area contributed by atoms with E-state index in [2.05, 4.69) is 5.32 Å². The van der Waals surface area contributed by atoms with Gasteiger partial charge in [-0.2, -0.15) is 0 Å². The molecule has 5 nitrogen and oxygen atoms in total. The Bertz CT molecular complexity index is 508. The van der Waals surface area contributed by atoms with Crippen molar-refractivity contribution < 1.29 is 19.1 Å². The van der Waals surface area contributed by atoms with E-state index in [1.54, 1.807) is 20.8 Å². The molecule has 0 aliphatic heterocycles. The van der Waals surface area contributed by atoms with E-state index in [4.69, 9.17) is 21.1 Å². The Labute approximate surface area is 142 Å². The van der Waals surface area contributed by atoms with E-state index in [0.29, 0.717) is 17.9 Å². The standard InChI is InChI=1S/C17H24ClNO4/c1-17(2,3)23-16(21)19-11-12-22-15(20)6-4-5-13-7-9-14(18)10-8-13/h7-10H,4-6,11-12H2,1-3H3,(H,19,21). The Morgan fingerprint density at radius 2 is 1.83 bits per heavy atom. The van der Waals surface area contributed by atoms with Gasteiger partial charge in [0.2, 0.25) is 0 Å². The van der Waals surface area contributed by atoms with Crippen LogP contribution in [0.3, 0.4) is 0 Å². The van der Waals surface area contributed by atoms with E-state index in [-0.39, 0.29) is 19.1 Å². The first-order valence-electron chi connectivity index (χ1n) is 7.63. The molecule has 1 amide bonds. The van der Waals surface area contributed by atoms with Crippen LogP contribution in [0, 0.1) is 0 Å². The summed E-state index contributed by atoms with van der Waals surface area (Å²) >= 11 is 5.81. The van der Waals surface area contributed by atoms with Crippen LogP contribution in [0.25, 0.3) is 0 Å². The van der Waals surface area contributed by atoms with Gasteiger partial charge in [-0.25, -0.2) is 4.79 Å². The molecule has 0 fully saturated rings. The van der Waals surface area contributed by atoms with Gasteiger partial charge >= 0.3 is 12.1 Å². The zero-order valence-electron chi connectivity index (χ0n) is 13.9. The average Bonchev–Trinajstić information content (AvgIpc) is 2.44. The van der Waals surface area contributed by atoms with Gasteiger partial charge in [-0.05, 0) is 51.3 Å². The summed E-state index contributed by atoms with van der Waals surface area (Å²) < 4.78 is 10.1. The van der Waals surface area contributed by atoms with Crippen molar-refractivity contribution in [2.75, 3.05) is 13.2 Å². The van der Waals surface area contributed by atoms with Crippen LogP contribution in [0.15, 0.2) is 24.3 Å². The van der Waals surface area contributed by atoms with Gasteiger partial charge in [-0.15, -0.1) is 0 Å². The Morgan fingerprint density at radius 3 is 2.43 bits per heavy atom. The number of hydrogen-bond acceptors (Lipinski definition) is 4. The van der Waals surface area contributed by atoms with Crippen molar-refractivity contribution >= 4 is 23.7 Å². The van der Waals surface area contributed by atoms with Crippen LogP contribution in [0.1, 0.15) is 39.2 Å². The van der Waals surface area contributed by atoms with Gasteiger partial charge in [-0.1, -0.05) is 23.7 Å². The quantitative estimate of drug-likeness (QED) is 0.606. The summed E-state index contributed by atoms with van der Waals surface area (Å²) in [6.07, 6.45) is 1.33. The number of benzene rings is 1. The van der Waals surface area contributed by atoms with Crippen molar-refractivity contribution in [2.24, 2.45) is 0 Å². The first-order valence-corrected chi connectivity index (χ1v) is 8.01. The van der Waals surface area contributed by atoms with E-state index < -0.39 is 11.7 Å². The van der Waals surface area contributed by atoms with Gasteiger partial charge < -0.3 is 14.8 Å². The molecule has 0 aliphatic rings. The van der Waals surface area contributed by atoms with Crippen molar-refractivity contribution in [3.8, 4) is 0 Å². The summed E-state index contributed by atoms with van der Waals surface area (Å²) in [7, 11) is 0. The number of ether oxygens (including phenoxy) is 2. The fourth-order valence-corrected chi connectivity index (χ4v) is 1.92. The van der Waals surface area contributed by atoms with Gasteiger partial charge in [0.15, 0.2) is 0 Å². The summed E-state index contributed by atoms with van der Waals surface area (Å²) in [5.74, 6) is -0.273. The number of rotatable bonds is 7. The second kappa shape index (κ2) is 9.40. The number of aryl methyl sites for hydroxylation is 1. The molecule has 1 aromatic rings. The number of alkyl carbamates (subject to hydrolysis) is 1. The van der Waals surface area contributed by atoms with E-state index in [1.807, 2.05) is 24.3 Å². The van der Waals surface area contributed by atoms with E-state index >= 15 is 0 Å². The molecule has 0 atom stereocenters. The molecule has 0 aromatic heterocycles. The molecule has 0 unspecified atom stereocenters. The molecule has 128 valence electrons. The Hall–Kier alpha value is -1.75. The van der Waals surface area contributed by atoms with Crippen molar-refractivity contribution in [1.82, 2.24) is 5.32 Å². The predicted molar refractivity (Wildman–Crippen MR) is 89.6 cm³/mol. The van der Waals surface area contributed by atoms with Gasteiger partial charge in [0, 0.05) is 11.4 Å². The van der Waals surface area contributed by atoms with Gasteiger partial charge in [0.1, 0.15) is 12.2 Å². The molecule has 0 aliphatic carbocycles. The molecule has 0 spiro atoms. The minimum Gasteiger partial charge on any atom is -0.464 e. The highest BCUT2D eigenvalue weighted by Gasteiger charge is 2.15. The fraction of sp³-hybridized carbons (Fsp3) is 0.529. The van der Waals surface area contributed by atoms with Crippen LogP contribution < -0.4 is 5.32 Å². The van der Waals surface area contributed by atoms with Crippen LogP contribution in [-0.2, 0) is 20.7 Å². The number of halogens is 1. The lowest BCUT2D eigenvalue weighted by Gasteiger charge is -2.19. The maximum Gasteiger partial charge on any atom is 0.407 e. The smallest absolute Gasteiger partial charge is 0.407 e. The molecule has 0 bridgehead atoms. The number of carbonyl (C=O) groups excluding carboxylic acids is 2. The molecule has 1 N–H and O–H groups in total. The van der Waals surface area contributed by atoms with E-state index in [9.17, 15) is 9.59 Å². The van der Waals surface area contributed by atoms with Crippen LogP contribution in [0.4, 0.5) is 4.79 Å². The fourth-order valence-electron chi connectivity index (χ4n) is 1.79. The SMILES string of the molecule is CC(C)(C)OC(=O)NCCOC(=O)CCCc1ccc(Cl)cc1. The molecule has 0 saturated heterocycles. The minimum atomic E-state index is -0.539. The van der Waals surface area contributed by atoms with Crippen molar-refractivity contribution in [2.45, 2.75) is 45.6 Å². The first-order chi connectivity index (χ1) is 10.8. The zero-order valence-corrected chi connectivity index (χ0v) is 14.6.